The van der Waals surface area contributed by atoms with Gasteiger partial charge in [0.2, 0.25) is 0 Å². The number of aromatic nitrogens is 2. The fourth-order valence-electron chi connectivity index (χ4n) is 2.96. The van der Waals surface area contributed by atoms with Gasteiger partial charge in [-0.15, -0.1) is 0 Å². The quantitative estimate of drug-likeness (QED) is 0.349. The van der Waals surface area contributed by atoms with Gasteiger partial charge in [0.05, 0.1) is 11.7 Å². The normalized spacial score (nSPS) is 12.3. The molecule has 1 heterocycles. The Labute approximate surface area is 171 Å². The molecule has 1 aromatic heterocycles. The lowest BCUT2D eigenvalue weighted by Crippen LogP contribution is -2.38. The number of hydrogen-bond acceptors (Lipinski definition) is 3. The maximum absolute atomic E-state index is 5.72. The number of guanidine groups is 1. The van der Waals surface area contributed by atoms with E-state index in [-0.39, 0.29) is 6.04 Å². The highest BCUT2D eigenvalue weighted by atomic mass is 16.5. The van der Waals surface area contributed by atoms with E-state index in [9.17, 15) is 0 Å². The molecule has 0 saturated carbocycles. The first-order valence-corrected chi connectivity index (χ1v) is 9.60. The zero-order valence-corrected chi connectivity index (χ0v) is 16.9. The van der Waals surface area contributed by atoms with Gasteiger partial charge in [0.15, 0.2) is 5.96 Å². The van der Waals surface area contributed by atoms with Gasteiger partial charge < -0.3 is 15.4 Å². The second kappa shape index (κ2) is 10.1. The number of ether oxygens (including phenoxy) is 1. The summed E-state index contributed by atoms with van der Waals surface area (Å²) < 4.78 is 7.58. The van der Waals surface area contributed by atoms with Crippen molar-refractivity contribution < 1.29 is 4.74 Å². The molecular weight excluding hydrogens is 362 g/mol. The Hall–Kier alpha value is -3.54. The number of aliphatic imine (C=N–C) groups is 1. The number of nitrogens with one attached hydrogen (secondary N) is 2. The maximum atomic E-state index is 5.72. The van der Waals surface area contributed by atoms with Crippen molar-refractivity contribution in [2.45, 2.75) is 19.5 Å². The Morgan fingerprint density at radius 1 is 1.24 bits per heavy atom. The van der Waals surface area contributed by atoms with E-state index < -0.39 is 0 Å². The van der Waals surface area contributed by atoms with Crippen LogP contribution in [0.4, 0.5) is 0 Å². The van der Waals surface area contributed by atoms with Crippen LogP contribution in [0.2, 0.25) is 0 Å². The zero-order valence-electron chi connectivity index (χ0n) is 16.9. The summed E-state index contributed by atoms with van der Waals surface area (Å²) in [7, 11) is 1.77. The highest BCUT2D eigenvalue weighted by molar-refractivity contribution is 5.80. The minimum atomic E-state index is 0.0731. The number of para-hydroxylation sites is 1. The molecule has 0 aliphatic carbocycles. The van der Waals surface area contributed by atoms with E-state index in [4.69, 9.17) is 4.74 Å². The van der Waals surface area contributed by atoms with E-state index in [1.165, 1.54) is 0 Å². The zero-order chi connectivity index (χ0) is 20.5. The van der Waals surface area contributed by atoms with Crippen molar-refractivity contribution in [3.8, 4) is 11.4 Å². The molecule has 2 aromatic carbocycles. The number of nitrogens with zero attached hydrogens (tertiary/aromatic N) is 3. The summed E-state index contributed by atoms with van der Waals surface area (Å²) in [6.07, 6.45) is 5.45. The molecule has 0 bridgehead atoms. The monoisotopic (exact) mass is 389 g/mol. The minimum Gasteiger partial charge on any atom is -0.489 e. The molecule has 0 aliphatic rings. The summed E-state index contributed by atoms with van der Waals surface area (Å²) in [4.78, 5) is 4.35. The standard InChI is InChI=1S/C23H27N5O/c1-4-15-29-22-12-6-5-9-20(22)17-25-23(24-3)27-18(2)19-10-7-11-21(16-19)28-14-8-13-26-28/h4-14,16,18H,1,15,17H2,2-3H3,(H2,24,25,27). The van der Waals surface area contributed by atoms with E-state index >= 15 is 0 Å². The molecule has 0 amide bonds. The van der Waals surface area contributed by atoms with Crippen LogP contribution in [0.1, 0.15) is 24.1 Å². The molecule has 0 spiro atoms. The Balaban J connectivity index is 1.63. The Bertz CT molecular complexity index is 949. The summed E-state index contributed by atoms with van der Waals surface area (Å²) in [5, 5.41) is 11.1. The van der Waals surface area contributed by atoms with Crippen molar-refractivity contribution in [1.29, 1.82) is 0 Å². The third-order valence-corrected chi connectivity index (χ3v) is 4.49. The minimum absolute atomic E-state index is 0.0731. The fourth-order valence-corrected chi connectivity index (χ4v) is 2.96. The van der Waals surface area contributed by atoms with Crippen LogP contribution >= 0.6 is 0 Å². The van der Waals surface area contributed by atoms with Crippen molar-refractivity contribution in [2.24, 2.45) is 4.99 Å². The van der Waals surface area contributed by atoms with Crippen LogP contribution in [0.5, 0.6) is 5.75 Å². The van der Waals surface area contributed by atoms with Gasteiger partial charge in [0.25, 0.3) is 0 Å². The number of benzene rings is 2. The molecule has 1 unspecified atom stereocenters. The average Bonchev–Trinajstić information content (AvgIpc) is 3.30. The van der Waals surface area contributed by atoms with Crippen molar-refractivity contribution in [3.63, 3.8) is 0 Å². The summed E-state index contributed by atoms with van der Waals surface area (Å²) in [6.45, 7) is 6.89. The van der Waals surface area contributed by atoms with Gasteiger partial charge in [-0.2, -0.15) is 5.10 Å². The molecule has 0 radical (unpaired) electrons. The van der Waals surface area contributed by atoms with Crippen LogP contribution in [-0.2, 0) is 6.54 Å². The average molecular weight is 390 g/mol. The predicted molar refractivity (Wildman–Crippen MR) is 117 cm³/mol. The van der Waals surface area contributed by atoms with Crippen molar-refractivity contribution in [2.75, 3.05) is 13.7 Å². The smallest absolute Gasteiger partial charge is 0.191 e. The molecule has 29 heavy (non-hydrogen) atoms. The second-order valence-corrected chi connectivity index (χ2v) is 6.54. The van der Waals surface area contributed by atoms with E-state index in [1.807, 2.05) is 53.3 Å². The SMILES string of the molecule is C=CCOc1ccccc1CNC(=NC)NC(C)c1cccc(-n2cccn2)c1. The lowest BCUT2D eigenvalue weighted by Gasteiger charge is -2.19. The Morgan fingerprint density at radius 3 is 2.86 bits per heavy atom. The van der Waals surface area contributed by atoms with Gasteiger partial charge in [0, 0.05) is 31.5 Å². The molecule has 6 heteroatoms. The van der Waals surface area contributed by atoms with Crippen molar-refractivity contribution in [1.82, 2.24) is 20.4 Å². The van der Waals surface area contributed by atoms with Crippen molar-refractivity contribution >= 4 is 5.96 Å². The van der Waals surface area contributed by atoms with Crippen LogP contribution in [-0.4, -0.2) is 29.4 Å². The first-order chi connectivity index (χ1) is 14.2. The van der Waals surface area contributed by atoms with E-state index in [1.54, 1.807) is 19.3 Å². The van der Waals surface area contributed by atoms with Crippen LogP contribution in [0.3, 0.4) is 0 Å². The molecule has 0 fully saturated rings. The highest BCUT2D eigenvalue weighted by Gasteiger charge is 2.10. The van der Waals surface area contributed by atoms with Crippen LogP contribution in [0.25, 0.3) is 5.69 Å². The van der Waals surface area contributed by atoms with Gasteiger partial charge in [-0.25, -0.2) is 4.68 Å². The first kappa shape index (κ1) is 20.2. The topological polar surface area (TPSA) is 63.5 Å². The summed E-state index contributed by atoms with van der Waals surface area (Å²) in [5.74, 6) is 1.57. The van der Waals surface area contributed by atoms with Crippen molar-refractivity contribution in [3.05, 3.63) is 90.8 Å². The fraction of sp³-hybridized carbons (Fsp3) is 0.217. The molecule has 2 N–H and O–H groups in total. The maximum Gasteiger partial charge on any atom is 0.191 e. The van der Waals surface area contributed by atoms with Crippen LogP contribution < -0.4 is 15.4 Å². The third kappa shape index (κ3) is 5.48. The predicted octanol–water partition coefficient (Wildman–Crippen LogP) is 3.86. The highest BCUT2D eigenvalue weighted by Crippen LogP contribution is 2.18. The largest absolute Gasteiger partial charge is 0.489 e. The molecule has 3 aromatic rings. The van der Waals surface area contributed by atoms with Gasteiger partial charge in [-0.05, 0) is 36.8 Å². The Morgan fingerprint density at radius 2 is 2.10 bits per heavy atom. The lowest BCUT2D eigenvalue weighted by molar-refractivity contribution is 0.358. The Kier molecular flexibility index (Phi) is 7.05. The number of rotatable bonds is 8. The van der Waals surface area contributed by atoms with Gasteiger partial charge in [0.1, 0.15) is 12.4 Å². The molecule has 0 aliphatic heterocycles. The molecule has 0 saturated heterocycles. The molecule has 1 atom stereocenters. The first-order valence-electron chi connectivity index (χ1n) is 9.60. The van der Waals surface area contributed by atoms with Gasteiger partial charge in [-0.1, -0.05) is 43.0 Å². The van der Waals surface area contributed by atoms with Gasteiger partial charge >= 0.3 is 0 Å². The third-order valence-electron chi connectivity index (χ3n) is 4.49. The summed E-state index contributed by atoms with van der Waals surface area (Å²) in [6, 6.07) is 18.2. The van der Waals surface area contributed by atoms with Gasteiger partial charge in [-0.3, -0.25) is 4.99 Å². The van der Waals surface area contributed by atoms with E-state index in [2.05, 4.69) is 46.4 Å². The van der Waals surface area contributed by atoms with Crippen LogP contribution in [0.15, 0.2) is 84.6 Å². The summed E-state index contributed by atoms with van der Waals surface area (Å²) in [5.41, 5.74) is 3.23. The molecule has 150 valence electrons. The second-order valence-electron chi connectivity index (χ2n) is 6.54. The lowest BCUT2D eigenvalue weighted by atomic mass is 10.1. The van der Waals surface area contributed by atoms with Crippen LogP contribution in [0, 0.1) is 0 Å². The molecule has 3 rings (SSSR count). The van der Waals surface area contributed by atoms with E-state index in [0.717, 1.165) is 28.5 Å². The molecular formula is C23H27N5O. The summed E-state index contributed by atoms with van der Waals surface area (Å²) >= 11 is 0. The molecule has 6 nitrogen and oxygen atoms in total. The number of hydrogen-bond donors (Lipinski definition) is 2. The van der Waals surface area contributed by atoms with E-state index in [0.29, 0.717) is 13.2 Å².